The number of halogens is 2. The third-order valence-corrected chi connectivity index (χ3v) is 5.35. The van der Waals surface area contributed by atoms with Gasteiger partial charge in [-0.05, 0) is 30.5 Å². The normalized spacial score (nSPS) is 21.1. The second-order valence-electron chi connectivity index (χ2n) is 7.56. The van der Waals surface area contributed by atoms with E-state index < -0.39 is 0 Å². The SMILES string of the molecule is CN=C(NCC1(CCO)CCOC1)NCC(C)(C)c1ccc(F)cc1Cl. The highest BCUT2D eigenvalue weighted by molar-refractivity contribution is 6.31. The zero-order valence-corrected chi connectivity index (χ0v) is 16.5. The molecule has 146 valence electrons. The maximum atomic E-state index is 13.3. The van der Waals surface area contributed by atoms with Gasteiger partial charge in [-0.3, -0.25) is 4.99 Å². The lowest BCUT2D eigenvalue weighted by Crippen LogP contribution is -2.47. The molecule has 0 spiro atoms. The van der Waals surface area contributed by atoms with Crippen molar-refractivity contribution < 1.29 is 14.2 Å². The molecule has 0 amide bonds. The first-order valence-corrected chi connectivity index (χ1v) is 9.28. The molecule has 1 saturated heterocycles. The first-order valence-electron chi connectivity index (χ1n) is 8.91. The smallest absolute Gasteiger partial charge is 0.191 e. The second-order valence-corrected chi connectivity index (χ2v) is 7.97. The van der Waals surface area contributed by atoms with E-state index in [0.29, 0.717) is 37.1 Å². The number of ether oxygens (including phenoxy) is 1. The predicted octanol–water partition coefficient (Wildman–Crippen LogP) is 2.71. The van der Waals surface area contributed by atoms with Crippen LogP contribution in [-0.4, -0.2) is 51.0 Å². The number of nitrogens with one attached hydrogen (secondary N) is 2. The lowest BCUT2D eigenvalue weighted by atomic mass is 9.84. The van der Waals surface area contributed by atoms with Crippen LogP contribution in [0.25, 0.3) is 0 Å². The van der Waals surface area contributed by atoms with Crippen LogP contribution < -0.4 is 10.6 Å². The van der Waals surface area contributed by atoms with Gasteiger partial charge in [0.1, 0.15) is 5.82 Å². The summed E-state index contributed by atoms with van der Waals surface area (Å²) in [7, 11) is 1.72. The minimum absolute atomic E-state index is 0.0534. The molecule has 2 rings (SSSR count). The van der Waals surface area contributed by atoms with Crippen molar-refractivity contribution in [2.45, 2.75) is 32.1 Å². The zero-order chi connectivity index (χ0) is 19.2. The molecule has 0 aromatic heterocycles. The topological polar surface area (TPSA) is 65.9 Å². The highest BCUT2D eigenvalue weighted by atomic mass is 35.5. The van der Waals surface area contributed by atoms with E-state index in [4.69, 9.17) is 16.3 Å². The molecule has 0 saturated carbocycles. The Labute approximate surface area is 160 Å². The Hall–Kier alpha value is -1.37. The lowest BCUT2D eigenvalue weighted by Gasteiger charge is -2.30. The summed E-state index contributed by atoms with van der Waals surface area (Å²) in [5, 5.41) is 16.4. The van der Waals surface area contributed by atoms with Crippen LogP contribution in [-0.2, 0) is 10.2 Å². The molecule has 1 heterocycles. The summed E-state index contributed by atoms with van der Waals surface area (Å²) in [6, 6.07) is 4.49. The highest BCUT2D eigenvalue weighted by Crippen LogP contribution is 2.32. The summed E-state index contributed by atoms with van der Waals surface area (Å²) < 4.78 is 18.8. The fraction of sp³-hybridized carbons (Fsp3) is 0.632. The van der Waals surface area contributed by atoms with Gasteiger partial charge in [0.15, 0.2) is 5.96 Å². The number of guanidine groups is 1. The average molecular weight is 386 g/mol. The third kappa shape index (κ3) is 5.32. The van der Waals surface area contributed by atoms with E-state index >= 15 is 0 Å². The van der Waals surface area contributed by atoms with Crippen LogP contribution in [0.1, 0.15) is 32.3 Å². The van der Waals surface area contributed by atoms with Crippen molar-refractivity contribution in [3.8, 4) is 0 Å². The molecule has 1 aromatic carbocycles. The molecular weight excluding hydrogens is 357 g/mol. The zero-order valence-electron chi connectivity index (χ0n) is 15.7. The summed E-state index contributed by atoms with van der Waals surface area (Å²) in [4.78, 5) is 4.27. The Kier molecular flexibility index (Phi) is 7.26. The van der Waals surface area contributed by atoms with Crippen molar-refractivity contribution in [2.24, 2.45) is 10.4 Å². The first kappa shape index (κ1) is 20.9. The Morgan fingerprint density at radius 2 is 2.19 bits per heavy atom. The molecule has 0 radical (unpaired) electrons. The maximum Gasteiger partial charge on any atom is 0.191 e. The quantitative estimate of drug-likeness (QED) is 0.498. The fourth-order valence-corrected chi connectivity index (χ4v) is 3.66. The molecule has 1 aliphatic heterocycles. The van der Waals surface area contributed by atoms with Crippen LogP contribution in [0.4, 0.5) is 4.39 Å². The van der Waals surface area contributed by atoms with Crippen LogP contribution in [0, 0.1) is 11.2 Å². The van der Waals surface area contributed by atoms with Crippen LogP contribution in [0.2, 0.25) is 5.02 Å². The van der Waals surface area contributed by atoms with E-state index in [1.807, 2.05) is 13.8 Å². The van der Waals surface area contributed by atoms with E-state index in [0.717, 1.165) is 18.6 Å². The standard InChI is InChI=1S/C19H29ClFN3O2/c1-18(2,15-5-4-14(21)10-16(15)20)11-23-17(22-3)24-12-19(6-8-25)7-9-26-13-19/h4-5,10,25H,6-9,11-13H2,1-3H3,(H2,22,23,24). The number of hydrogen-bond donors (Lipinski definition) is 3. The van der Waals surface area contributed by atoms with Crippen LogP contribution >= 0.6 is 11.6 Å². The summed E-state index contributed by atoms with van der Waals surface area (Å²) in [6.45, 7) is 6.88. The van der Waals surface area contributed by atoms with Gasteiger partial charge >= 0.3 is 0 Å². The Balaban J connectivity index is 1.95. The number of nitrogens with zero attached hydrogens (tertiary/aromatic N) is 1. The van der Waals surface area contributed by atoms with E-state index in [9.17, 15) is 9.50 Å². The molecule has 1 fully saturated rings. The molecule has 0 aliphatic carbocycles. The molecule has 1 unspecified atom stereocenters. The Bertz CT molecular complexity index is 631. The molecule has 0 bridgehead atoms. The largest absolute Gasteiger partial charge is 0.396 e. The summed E-state index contributed by atoms with van der Waals surface area (Å²) in [5.74, 6) is 0.341. The van der Waals surface area contributed by atoms with Gasteiger partial charge in [0, 0.05) is 49.2 Å². The van der Waals surface area contributed by atoms with Crippen LogP contribution in [0.5, 0.6) is 0 Å². The molecule has 26 heavy (non-hydrogen) atoms. The highest BCUT2D eigenvalue weighted by Gasteiger charge is 2.34. The van der Waals surface area contributed by atoms with Gasteiger partial charge in [0.05, 0.1) is 6.61 Å². The molecule has 1 aliphatic rings. The molecule has 3 N–H and O–H groups in total. The van der Waals surface area contributed by atoms with Gasteiger partial charge in [0.25, 0.3) is 0 Å². The summed E-state index contributed by atoms with van der Waals surface area (Å²) in [6.07, 6.45) is 1.63. The minimum Gasteiger partial charge on any atom is -0.396 e. The predicted molar refractivity (Wildman–Crippen MR) is 103 cm³/mol. The number of aliphatic hydroxyl groups excluding tert-OH is 1. The van der Waals surface area contributed by atoms with Crippen LogP contribution in [0.3, 0.4) is 0 Å². The molecular formula is C19H29ClFN3O2. The number of hydrogen-bond acceptors (Lipinski definition) is 3. The van der Waals surface area contributed by atoms with Gasteiger partial charge < -0.3 is 20.5 Å². The fourth-order valence-electron chi connectivity index (χ4n) is 3.24. The molecule has 5 nitrogen and oxygen atoms in total. The Morgan fingerprint density at radius 1 is 1.42 bits per heavy atom. The Morgan fingerprint density at radius 3 is 2.77 bits per heavy atom. The molecule has 1 aromatic rings. The van der Waals surface area contributed by atoms with Crippen molar-refractivity contribution in [3.63, 3.8) is 0 Å². The third-order valence-electron chi connectivity index (χ3n) is 5.04. The van der Waals surface area contributed by atoms with Gasteiger partial charge in [0.2, 0.25) is 0 Å². The first-order chi connectivity index (χ1) is 12.3. The van der Waals surface area contributed by atoms with E-state index in [1.165, 1.54) is 12.1 Å². The second kappa shape index (κ2) is 9.02. The van der Waals surface area contributed by atoms with Crippen LogP contribution in [0.15, 0.2) is 23.2 Å². The number of aliphatic imine (C=N–C) groups is 1. The number of aliphatic hydroxyl groups is 1. The van der Waals surface area contributed by atoms with Crippen molar-refractivity contribution in [2.75, 3.05) is 40.0 Å². The number of rotatable bonds is 7. The molecule has 7 heteroatoms. The van der Waals surface area contributed by atoms with E-state index in [1.54, 1.807) is 13.1 Å². The van der Waals surface area contributed by atoms with Gasteiger partial charge in [-0.15, -0.1) is 0 Å². The van der Waals surface area contributed by atoms with Gasteiger partial charge in [-0.25, -0.2) is 4.39 Å². The summed E-state index contributed by atoms with van der Waals surface area (Å²) >= 11 is 6.21. The van der Waals surface area contributed by atoms with Crippen molar-refractivity contribution in [1.29, 1.82) is 0 Å². The average Bonchev–Trinajstić information content (AvgIpc) is 3.04. The van der Waals surface area contributed by atoms with Gasteiger partial charge in [-0.1, -0.05) is 31.5 Å². The monoisotopic (exact) mass is 385 g/mol. The number of benzene rings is 1. The minimum atomic E-state index is -0.340. The van der Waals surface area contributed by atoms with Crippen molar-refractivity contribution in [3.05, 3.63) is 34.6 Å². The van der Waals surface area contributed by atoms with Crippen molar-refractivity contribution in [1.82, 2.24) is 10.6 Å². The van der Waals surface area contributed by atoms with Gasteiger partial charge in [-0.2, -0.15) is 0 Å². The lowest BCUT2D eigenvalue weighted by molar-refractivity contribution is 0.127. The van der Waals surface area contributed by atoms with Crippen molar-refractivity contribution >= 4 is 17.6 Å². The van der Waals surface area contributed by atoms with E-state index in [-0.39, 0.29) is 23.3 Å². The maximum absolute atomic E-state index is 13.3. The summed E-state index contributed by atoms with van der Waals surface area (Å²) in [5.41, 5.74) is 0.522. The van der Waals surface area contributed by atoms with E-state index in [2.05, 4.69) is 15.6 Å². The molecule has 1 atom stereocenters.